The van der Waals surface area contributed by atoms with Crippen LogP contribution in [-0.4, -0.2) is 6.54 Å². The quantitative estimate of drug-likeness (QED) is 0.844. The van der Waals surface area contributed by atoms with Gasteiger partial charge in [0.1, 0.15) is 0 Å². The minimum Gasteiger partial charge on any atom is -0.310 e. The number of fused-ring (bicyclic) bond motifs is 2. The molecule has 0 bridgehead atoms. The highest BCUT2D eigenvalue weighted by atomic mass is 14.9. The monoisotopic (exact) mass is 279 g/mol. The standard InChI is InChI=1S/C20H25N/c1-3-21-20(17-11-15-10-16(15)12-17)19-13(2)8-9-14-6-4-5-7-18(14)19/h4-9,15-17,20-21H,3,10-12H2,1-2H3. The Morgan fingerprint density at radius 2 is 1.81 bits per heavy atom. The first kappa shape index (κ1) is 13.3. The molecule has 2 aliphatic rings. The molecule has 2 aliphatic carbocycles. The van der Waals surface area contributed by atoms with Crippen LogP contribution in [0.2, 0.25) is 0 Å². The lowest BCUT2D eigenvalue weighted by Crippen LogP contribution is -2.28. The number of aryl methyl sites for hydroxylation is 1. The van der Waals surface area contributed by atoms with Gasteiger partial charge >= 0.3 is 0 Å². The molecule has 4 rings (SSSR count). The summed E-state index contributed by atoms with van der Waals surface area (Å²) in [6.45, 7) is 5.57. The van der Waals surface area contributed by atoms with Crippen molar-refractivity contribution in [2.75, 3.05) is 6.54 Å². The lowest BCUT2D eigenvalue weighted by Gasteiger charge is -2.29. The van der Waals surface area contributed by atoms with Gasteiger partial charge < -0.3 is 5.32 Å². The van der Waals surface area contributed by atoms with Crippen molar-refractivity contribution in [3.05, 3.63) is 47.5 Å². The zero-order valence-corrected chi connectivity index (χ0v) is 13.1. The number of hydrogen-bond donors (Lipinski definition) is 1. The smallest absolute Gasteiger partial charge is 0.0357 e. The van der Waals surface area contributed by atoms with Gasteiger partial charge in [0.15, 0.2) is 0 Å². The van der Waals surface area contributed by atoms with Crippen LogP contribution in [0.3, 0.4) is 0 Å². The average Bonchev–Trinajstić information content (AvgIpc) is 3.12. The molecule has 2 saturated carbocycles. The van der Waals surface area contributed by atoms with Crippen LogP contribution in [0.4, 0.5) is 0 Å². The van der Waals surface area contributed by atoms with Gasteiger partial charge in [-0.05, 0) is 72.4 Å². The van der Waals surface area contributed by atoms with Gasteiger partial charge in [0, 0.05) is 6.04 Å². The molecule has 0 aliphatic heterocycles. The molecule has 2 fully saturated rings. The topological polar surface area (TPSA) is 12.0 Å². The van der Waals surface area contributed by atoms with E-state index >= 15 is 0 Å². The Kier molecular flexibility index (Phi) is 3.26. The van der Waals surface area contributed by atoms with E-state index in [0.29, 0.717) is 6.04 Å². The average molecular weight is 279 g/mol. The highest BCUT2D eigenvalue weighted by Gasteiger charge is 2.48. The molecule has 1 N–H and O–H groups in total. The van der Waals surface area contributed by atoms with Crippen LogP contribution in [0.1, 0.15) is 43.4 Å². The lowest BCUT2D eigenvalue weighted by molar-refractivity contribution is 0.347. The van der Waals surface area contributed by atoms with Crippen molar-refractivity contribution in [3.63, 3.8) is 0 Å². The normalized spacial score (nSPS) is 28.6. The maximum atomic E-state index is 3.81. The van der Waals surface area contributed by atoms with E-state index in [4.69, 9.17) is 0 Å². The Bertz CT molecular complexity index is 650. The predicted molar refractivity (Wildman–Crippen MR) is 89.4 cm³/mol. The Morgan fingerprint density at radius 1 is 1.05 bits per heavy atom. The van der Waals surface area contributed by atoms with Gasteiger partial charge in [0.2, 0.25) is 0 Å². The molecule has 1 nitrogen and oxygen atoms in total. The number of nitrogens with one attached hydrogen (secondary N) is 1. The van der Waals surface area contributed by atoms with Gasteiger partial charge in [-0.3, -0.25) is 0 Å². The van der Waals surface area contributed by atoms with Gasteiger partial charge in [0.25, 0.3) is 0 Å². The molecule has 0 amide bonds. The Hall–Kier alpha value is -1.34. The molecule has 1 heteroatoms. The zero-order chi connectivity index (χ0) is 14.4. The second-order valence-electron chi connectivity index (χ2n) is 7.04. The summed E-state index contributed by atoms with van der Waals surface area (Å²) in [5.41, 5.74) is 3.00. The molecule has 2 aromatic rings. The Labute approximate surface area is 127 Å². The van der Waals surface area contributed by atoms with E-state index in [1.165, 1.54) is 35.6 Å². The second kappa shape index (κ2) is 5.14. The van der Waals surface area contributed by atoms with E-state index in [1.807, 2.05) is 0 Å². The molecule has 3 unspecified atom stereocenters. The summed E-state index contributed by atoms with van der Waals surface area (Å²) in [7, 11) is 0. The summed E-state index contributed by atoms with van der Waals surface area (Å²) in [6, 6.07) is 14.0. The maximum absolute atomic E-state index is 3.81. The fraction of sp³-hybridized carbons (Fsp3) is 0.500. The van der Waals surface area contributed by atoms with Crippen molar-refractivity contribution >= 4 is 10.8 Å². The van der Waals surface area contributed by atoms with E-state index in [-0.39, 0.29) is 0 Å². The molecule has 110 valence electrons. The number of benzene rings is 2. The fourth-order valence-electron chi connectivity index (χ4n) is 4.58. The second-order valence-corrected chi connectivity index (χ2v) is 7.04. The van der Waals surface area contributed by atoms with Crippen molar-refractivity contribution in [2.45, 2.75) is 39.2 Å². The molecule has 21 heavy (non-hydrogen) atoms. The summed E-state index contributed by atoms with van der Waals surface area (Å²) in [4.78, 5) is 0. The van der Waals surface area contributed by atoms with E-state index < -0.39 is 0 Å². The van der Waals surface area contributed by atoms with Crippen LogP contribution in [0.5, 0.6) is 0 Å². The van der Waals surface area contributed by atoms with E-state index in [0.717, 1.165) is 24.3 Å². The van der Waals surface area contributed by atoms with Crippen molar-refractivity contribution in [3.8, 4) is 0 Å². The van der Waals surface area contributed by atoms with Gasteiger partial charge in [0.05, 0.1) is 0 Å². The predicted octanol–water partition coefficient (Wildman–Crippen LogP) is 4.84. The Balaban J connectivity index is 1.79. The highest BCUT2D eigenvalue weighted by molar-refractivity contribution is 5.87. The third-order valence-corrected chi connectivity index (χ3v) is 5.68. The molecule has 0 radical (unpaired) electrons. The highest BCUT2D eigenvalue weighted by Crippen LogP contribution is 2.57. The van der Waals surface area contributed by atoms with Crippen LogP contribution < -0.4 is 5.32 Å². The molecule has 0 spiro atoms. The lowest BCUT2D eigenvalue weighted by atomic mass is 9.84. The first-order chi connectivity index (χ1) is 10.3. The number of rotatable bonds is 4. The van der Waals surface area contributed by atoms with Crippen LogP contribution in [0.25, 0.3) is 10.8 Å². The van der Waals surface area contributed by atoms with Gasteiger partial charge in [-0.15, -0.1) is 0 Å². The Morgan fingerprint density at radius 3 is 2.57 bits per heavy atom. The van der Waals surface area contributed by atoms with Crippen LogP contribution in [0.15, 0.2) is 36.4 Å². The van der Waals surface area contributed by atoms with E-state index in [2.05, 4.69) is 55.6 Å². The van der Waals surface area contributed by atoms with E-state index in [1.54, 1.807) is 5.56 Å². The summed E-state index contributed by atoms with van der Waals surface area (Å²) in [6.07, 6.45) is 4.37. The summed E-state index contributed by atoms with van der Waals surface area (Å²) < 4.78 is 0. The summed E-state index contributed by atoms with van der Waals surface area (Å²) in [5.74, 6) is 2.93. The molecular weight excluding hydrogens is 254 g/mol. The van der Waals surface area contributed by atoms with Crippen molar-refractivity contribution in [1.29, 1.82) is 0 Å². The van der Waals surface area contributed by atoms with Crippen LogP contribution in [-0.2, 0) is 0 Å². The van der Waals surface area contributed by atoms with Crippen LogP contribution in [0, 0.1) is 24.7 Å². The molecule has 3 atom stereocenters. The molecule has 0 heterocycles. The first-order valence-corrected chi connectivity index (χ1v) is 8.49. The van der Waals surface area contributed by atoms with Crippen molar-refractivity contribution in [1.82, 2.24) is 5.32 Å². The van der Waals surface area contributed by atoms with Crippen molar-refractivity contribution in [2.24, 2.45) is 17.8 Å². The minimum absolute atomic E-state index is 0.536. The maximum Gasteiger partial charge on any atom is 0.0357 e. The SMILES string of the molecule is CCNC(c1c(C)ccc2ccccc12)C1CC2CC2C1. The molecule has 0 saturated heterocycles. The van der Waals surface area contributed by atoms with E-state index in [9.17, 15) is 0 Å². The van der Waals surface area contributed by atoms with Crippen LogP contribution >= 0.6 is 0 Å². The van der Waals surface area contributed by atoms with Gasteiger partial charge in [-0.1, -0.05) is 43.3 Å². The summed E-state index contributed by atoms with van der Waals surface area (Å²) in [5, 5.41) is 6.64. The van der Waals surface area contributed by atoms with Crippen molar-refractivity contribution < 1.29 is 0 Å². The summed E-state index contributed by atoms with van der Waals surface area (Å²) >= 11 is 0. The fourth-order valence-corrected chi connectivity index (χ4v) is 4.58. The third kappa shape index (κ3) is 2.28. The minimum atomic E-state index is 0.536. The number of hydrogen-bond acceptors (Lipinski definition) is 1. The first-order valence-electron chi connectivity index (χ1n) is 8.49. The third-order valence-electron chi connectivity index (χ3n) is 5.68. The molecular formula is C20H25N. The molecule has 2 aromatic carbocycles. The zero-order valence-electron chi connectivity index (χ0n) is 13.1. The molecule has 0 aromatic heterocycles. The largest absolute Gasteiger partial charge is 0.310 e. The van der Waals surface area contributed by atoms with Gasteiger partial charge in [-0.25, -0.2) is 0 Å². The van der Waals surface area contributed by atoms with Gasteiger partial charge in [-0.2, -0.15) is 0 Å².